The molecule has 0 saturated heterocycles. The fourth-order valence-electron chi connectivity index (χ4n) is 2.74. The number of H-pyrrole nitrogens is 1. The number of aryl methyl sites for hydroxylation is 1. The minimum Gasteiger partial charge on any atom is -0.465 e. The molecule has 1 N–H and O–H groups in total. The molecule has 9 nitrogen and oxygen atoms in total. The first-order chi connectivity index (χ1) is 13.3. The Labute approximate surface area is 159 Å². The van der Waals surface area contributed by atoms with Gasteiger partial charge in [0.2, 0.25) is 0 Å². The molecule has 0 amide bonds. The second kappa shape index (κ2) is 7.63. The lowest BCUT2D eigenvalue weighted by Gasteiger charge is -2.07. The highest BCUT2D eigenvalue weighted by molar-refractivity contribution is 5.94. The van der Waals surface area contributed by atoms with Crippen molar-refractivity contribution in [2.75, 3.05) is 7.11 Å². The number of esters is 2. The monoisotopic (exact) mass is 385 g/mol. The first-order valence-corrected chi connectivity index (χ1v) is 8.56. The van der Waals surface area contributed by atoms with Crippen molar-refractivity contribution in [2.24, 2.45) is 0 Å². The van der Waals surface area contributed by atoms with Gasteiger partial charge in [-0.2, -0.15) is 0 Å². The highest BCUT2D eigenvalue weighted by Gasteiger charge is 2.24. The average molecular weight is 385 g/mol. The summed E-state index contributed by atoms with van der Waals surface area (Å²) in [4.78, 5) is 43.2. The molecule has 0 radical (unpaired) electrons. The standard InChI is InChI=1S/C19H19N3O6/c1-9(2)16-15(10(3)22-28-16)19(25)27-8-14-20-13-7-11(18(24)26-4)5-6-12(13)17(23)21-14/h5-7,9H,8H2,1-4H3,(H,20,21,23). The van der Waals surface area contributed by atoms with Gasteiger partial charge in [0.25, 0.3) is 5.56 Å². The van der Waals surface area contributed by atoms with Crippen molar-refractivity contribution in [2.45, 2.75) is 33.3 Å². The number of aromatic amines is 1. The summed E-state index contributed by atoms with van der Waals surface area (Å²) in [5, 5.41) is 4.12. The number of methoxy groups -OCH3 is 1. The number of hydrogen-bond donors (Lipinski definition) is 1. The van der Waals surface area contributed by atoms with Crippen LogP contribution in [-0.4, -0.2) is 34.2 Å². The summed E-state index contributed by atoms with van der Waals surface area (Å²) in [6.07, 6.45) is 0. The molecule has 0 aliphatic heterocycles. The van der Waals surface area contributed by atoms with E-state index in [-0.39, 0.29) is 29.5 Å². The molecular weight excluding hydrogens is 366 g/mol. The molecule has 2 heterocycles. The van der Waals surface area contributed by atoms with Crippen LogP contribution in [-0.2, 0) is 16.1 Å². The smallest absolute Gasteiger partial charge is 0.344 e. The molecular formula is C19H19N3O6. The summed E-state index contributed by atoms with van der Waals surface area (Å²) >= 11 is 0. The van der Waals surface area contributed by atoms with Gasteiger partial charge in [-0.15, -0.1) is 0 Å². The zero-order valence-electron chi connectivity index (χ0n) is 15.9. The summed E-state index contributed by atoms with van der Waals surface area (Å²) in [6, 6.07) is 4.41. The van der Waals surface area contributed by atoms with Crippen LogP contribution in [0.3, 0.4) is 0 Å². The maximum Gasteiger partial charge on any atom is 0.344 e. The second-order valence-corrected chi connectivity index (χ2v) is 6.47. The normalized spacial score (nSPS) is 11.0. The Hall–Kier alpha value is -3.49. The summed E-state index contributed by atoms with van der Waals surface area (Å²) in [7, 11) is 1.26. The largest absolute Gasteiger partial charge is 0.465 e. The van der Waals surface area contributed by atoms with Crippen molar-refractivity contribution in [3.63, 3.8) is 0 Å². The van der Waals surface area contributed by atoms with Crippen molar-refractivity contribution in [3.8, 4) is 0 Å². The molecule has 28 heavy (non-hydrogen) atoms. The molecule has 3 rings (SSSR count). The molecule has 9 heteroatoms. The lowest BCUT2D eigenvalue weighted by atomic mass is 10.1. The minimum atomic E-state index is -0.617. The van der Waals surface area contributed by atoms with Gasteiger partial charge in [-0.1, -0.05) is 19.0 Å². The Morgan fingerprint density at radius 1 is 1.25 bits per heavy atom. The third kappa shape index (κ3) is 3.64. The average Bonchev–Trinajstić information content (AvgIpc) is 3.07. The Balaban J connectivity index is 1.86. The van der Waals surface area contributed by atoms with E-state index in [1.54, 1.807) is 6.92 Å². The van der Waals surface area contributed by atoms with E-state index in [9.17, 15) is 14.4 Å². The molecule has 0 aliphatic rings. The Kier molecular flexibility index (Phi) is 5.25. The van der Waals surface area contributed by atoms with E-state index in [4.69, 9.17) is 9.26 Å². The molecule has 2 aromatic heterocycles. The van der Waals surface area contributed by atoms with Gasteiger partial charge in [-0.3, -0.25) is 4.79 Å². The van der Waals surface area contributed by atoms with Crippen molar-refractivity contribution in [1.82, 2.24) is 15.1 Å². The number of hydrogen-bond acceptors (Lipinski definition) is 8. The quantitative estimate of drug-likeness (QED) is 0.664. The zero-order chi connectivity index (χ0) is 20.4. The van der Waals surface area contributed by atoms with Gasteiger partial charge in [-0.05, 0) is 25.1 Å². The summed E-state index contributed by atoms with van der Waals surface area (Å²) in [5.74, 6) is -0.619. The maximum atomic E-state index is 12.5. The van der Waals surface area contributed by atoms with Gasteiger partial charge in [-0.25, -0.2) is 14.6 Å². The molecule has 0 bridgehead atoms. The van der Waals surface area contributed by atoms with Crippen LogP contribution in [0.5, 0.6) is 0 Å². The van der Waals surface area contributed by atoms with Crippen LogP contribution < -0.4 is 5.56 Å². The van der Waals surface area contributed by atoms with E-state index in [1.807, 2.05) is 13.8 Å². The lowest BCUT2D eigenvalue weighted by Crippen LogP contribution is -2.16. The van der Waals surface area contributed by atoms with E-state index in [1.165, 1.54) is 25.3 Å². The van der Waals surface area contributed by atoms with E-state index in [0.717, 1.165) is 0 Å². The number of nitrogens with zero attached hydrogens (tertiary/aromatic N) is 2. The fraction of sp³-hybridized carbons (Fsp3) is 0.316. The fourth-order valence-corrected chi connectivity index (χ4v) is 2.74. The van der Waals surface area contributed by atoms with Crippen LogP contribution in [0.4, 0.5) is 0 Å². The molecule has 0 saturated carbocycles. The number of aromatic nitrogens is 3. The van der Waals surface area contributed by atoms with Crippen molar-refractivity contribution in [3.05, 3.63) is 57.0 Å². The number of rotatable bonds is 5. The third-order valence-corrected chi connectivity index (χ3v) is 4.13. The number of fused-ring (bicyclic) bond motifs is 1. The van der Waals surface area contributed by atoms with Crippen molar-refractivity contribution < 1.29 is 23.6 Å². The highest BCUT2D eigenvalue weighted by atomic mass is 16.5. The van der Waals surface area contributed by atoms with E-state index >= 15 is 0 Å². The number of ether oxygens (including phenoxy) is 2. The lowest BCUT2D eigenvalue weighted by molar-refractivity contribution is 0.0458. The van der Waals surface area contributed by atoms with Crippen LogP contribution in [0.15, 0.2) is 27.5 Å². The SMILES string of the molecule is COC(=O)c1ccc2c(=O)[nH]c(COC(=O)c3c(C)noc3C(C)C)nc2c1. The Bertz CT molecular complexity index is 1110. The predicted molar refractivity (Wildman–Crippen MR) is 98.2 cm³/mol. The molecule has 146 valence electrons. The molecule has 0 atom stereocenters. The zero-order valence-corrected chi connectivity index (χ0v) is 15.9. The predicted octanol–water partition coefficient (Wildman–Crippen LogP) is 2.49. The number of carbonyl (C=O) groups is 2. The Morgan fingerprint density at radius 3 is 2.68 bits per heavy atom. The Morgan fingerprint density at radius 2 is 2.00 bits per heavy atom. The first-order valence-electron chi connectivity index (χ1n) is 8.56. The molecule has 3 aromatic rings. The van der Waals surface area contributed by atoms with Crippen LogP contribution in [0.2, 0.25) is 0 Å². The van der Waals surface area contributed by atoms with Gasteiger partial charge in [0, 0.05) is 5.92 Å². The highest BCUT2D eigenvalue weighted by Crippen LogP contribution is 2.23. The van der Waals surface area contributed by atoms with Crippen LogP contribution in [0.25, 0.3) is 10.9 Å². The van der Waals surface area contributed by atoms with E-state index in [2.05, 4.69) is 19.9 Å². The first kappa shape index (κ1) is 19.3. The molecule has 0 fully saturated rings. The third-order valence-electron chi connectivity index (χ3n) is 4.13. The van der Waals surface area contributed by atoms with Gasteiger partial charge in [0.05, 0.1) is 29.3 Å². The summed E-state index contributed by atoms with van der Waals surface area (Å²) < 4.78 is 15.1. The number of nitrogens with one attached hydrogen (secondary N) is 1. The van der Waals surface area contributed by atoms with E-state index in [0.29, 0.717) is 22.4 Å². The van der Waals surface area contributed by atoms with Gasteiger partial charge >= 0.3 is 11.9 Å². The molecule has 0 spiro atoms. The van der Waals surface area contributed by atoms with Gasteiger partial charge in [0.1, 0.15) is 18.0 Å². The minimum absolute atomic E-state index is 0.0425. The molecule has 0 unspecified atom stereocenters. The summed E-state index contributed by atoms with van der Waals surface area (Å²) in [5.41, 5.74) is 0.846. The van der Waals surface area contributed by atoms with Crippen molar-refractivity contribution >= 4 is 22.8 Å². The van der Waals surface area contributed by atoms with E-state index < -0.39 is 17.5 Å². The molecule has 0 aliphatic carbocycles. The maximum absolute atomic E-state index is 12.5. The topological polar surface area (TPSA) is 124 Å². The van der Waals surface area contributed by atoms with Crippen LogP contribution in [0, 0.1) is 6.92 Å². The van der Waals surface area contributed by atoms with Gasteiger partial charge < -0.3 is 19.0 Å². The van der Waals surface area contributed by atoms with Crippen LogP contribution >= 0.6 is 0 Å². The number of benzene rings is 1. The van der Waals surface area contributed by atoms with Crippen LogP contribution in [0.1, 0.15) is 57.8 Å². The molecule has 1 aromatic carbocycles. The summed E-state index contributed by atoms with van der Waals surface area (Å²) in [6.45, 7) is 5.14. The van der Waals surface area contributed by atoms with Gasteiger partial charge in [0.15, 0.2) is 5.76 Å². The van der Waals surface area contributed by atoms with Crippen molar-refractivity contribution in [1.29, 1.82) is 0 Å². The number of carbonyl (C=O) groups excluding carboxylic acids is 2. The second-order valence-electron chi connectivity index (χ2n) is 6.47.